The minimum Gasteiger partial charge on any atom is -0.348 e. The minimum absolute atomic E-state index is 0.00718. The van der Waals surface area contributed by atoms with Gasteiger partial charge in [-0.1, -0.05) is 48.2 Å². The van der Waals surface area contributed by atoms with Gasteiger partial charge in [0.05, 0.1) is 11.8 Å². The van der Waals surface area contributed by atoms with Gasteiger partial charge in [0.1, 0.15) is 0 Å². The first-order chi connectivity index (χ1) is 15.8. The van der Waals surface area contributed by atoms with Crippen LogP contribution in [-0.4, -0.2) is 37.2 Å². The van der Waals surface area contributed by atoms with E-state index in [2.05, 4.69) is 32.6 Å². The summed E-state index contributed by atoms with van der Waals surface area (Å²) in [6.45, 7) is 0. The smallest absolute Gasteiger partial charge is 0.230 e. The predicted molar refractivity (Wildman–Crippen MR) is 128 cm³/mol. The van der Waals surface area contributed by atoms with Crippen molar-refractivity contribution < 1.29 is 4.79 Å². The van der Waals surface area contributed by atoms with Crippen molar-refractivity contribution >= 4 is 29.4 Å². The molecule has 1 amide bonds. The number of carbonyl (C=O) groups is 1. The SMILES string of the molecule is O=C(CSc1nnc(-c2cccnc2)n1-c1ccccc1)N[C@H]1CCSc2ccccc21. The molecule has 32 heavy (non-hydrogen) atoms. The molecule has 0 radical (unpaired) electrons. The van der Waals surface area contributed by atoms with Gasteiger partial charge in [-0.25, -0.2) is 0 Å². The second kappa shape index (κ2) is 9.58. The molecule has 0 unspecified atom stereocenters. The molecule has 1 aliphatic heterocycles. The van der Waals surface area contributed by atoms with Crippen LogP contribution in [-0.2, 0) is 4.79 Å². The van der Waals surface area contributed by atoms with E-state index >= 15 is 0 Å². The topological polar surface area (TPSA) is 72.7 Å². The van der Waals surface area contributed by atoms with E-state index in [9.17, 15) is 4.79 Å². The molecule has 0 bridgehead atoms. The molecule has 0 saturated carbocycles. The van der Waals surface area contributed by atoms with Gasteiger partial charge in [-0.3, -0.25) is 14.3 Å². The first-order valence-electron chi connectivity index (χ1n) is 10.3. The van der Waals surface area contributed by atoms with Gasteiger partial charge in [-0.15, -0.1) is 22.0 Å². The molecule has 0 aliphatic carbocycles. The van der Waals surface area contributed by atoms with Crippen LogP contribution in [0.2, 0.25) is 0 Å². The number of fused-ring (bicyclic) bond motifs is 1. The number of thioether (sulfide) groups is 2. The van der Waals surface area contributed by atoms with Crippen LogP contribution in [0.3, 0.4) is 0 Å². The number of pyridine rings is 1. The maximum absolute atomic E-state index is 12.8. The molecule has 1 aliphatic rings. The highest BCUT2D eigenvalue weighted by Gasteiger charge is 2.23. The van der Waals surface area contributed by atoms with Crippen molar-refractivity contribution in [3.05, 3.63) is 84.7 Å². The van der Waals surface area contributed by atoms with E-state index in [0.29, 0.717) is 11.0 Å². The summed E-state index contributed by atoms with van der Waals surface area (Å²) in [5, 5.41) is 12.7. The zero-order valence-electron chi connectivity index (χ0n) is 17.2. The normalized spacial score (nSPS) is 15.2. The van der Waals surface area contributed by atoms with Crippen molar-refractivity contribution in [2.75, 3.05) is 11.5 Å². The fourth-order valence-electron chi connectivity index (χ4n) is 3.71. The van der Waals surface area contributed by atoms with E-state index < -0.39 is 0 Å². The molecule has 2 aromatic heterocycles. The van der Waals surface area contributed by atoms with Crippen molar-refractivity contribution in [1.82, 2.24) is 25.1 Å². The molecule has 1 N–H and O–H groups in total. The number of nitrogens with zero attached hydrogens (tertiary/aromatic N) is 4. The Kier molecular flexibility index (Phi) is 6.22. The van der Waals surface area contributed by atoms with E-state index in [1.165, 1.54) is 22.2 Å². The fraction of sp³-hybridized carbons (Fsp3) is 0.167. The first kappa shape index (κ1) is 20.8. The lowest BCUT2D eigenvalue weighted by atomic mass is 10.0. The summed E-state index contributed by atoms with van der Waals surface area (Å²) >= 11 is 3.23. The largest absolute Gasteiger partial charge is 0.348 e. The maximum atomic E-state index is 12.8. The third-order valence-corrected chi connectivity index (χ3v) is 7.25. The molecular formula is C24H21N5OS2. The third kappa shape index (κ3) is 4.42. The van der Waals surface area contributed by atoms with Gasteiger partial charge in [0.15, 0.2) is 11.0 Å². The predicted octanol–water partition coefficient (Wildman–Crippen LogP) is 4.77. The summed E-state index contributed by atoms with van der Waals surface area (Å²) in [4.78, 5) is 18.3. The molecule has 4 aromatic rings. The lowest BCUT2D eigenvalue weighted by Gasteiger charge is -2.25. The number of aromatic nitrogens is 4. The second-order valence-corrected chi connectivity index (χ2v) is 9.38. The second-order valence-electron chi connectivity index (χ2n) is 7.30. The zero-order valence-corrected chi connectivity index (χ0v) is 18.9. The number of carbonyl (C=O) groups excluding carboxylic acids is 1. The van der Waals surface area contributed by atoms with Crippen molar-refractivity contribution in [2.45, 2.75) is 22.5 Å². The lowest BCUT2D eigenvalue weighted by Crippen LogP contribution is -2.31. The molecule has 0 spiro atoms. The highest BCUT2D eigenvalue weighted by molar-refractivity contribution is 7.99. The van der Waals surface area contributed by atoms with E-state index in [1.807, 2.05) is 70.9 Å². The van der Waals surface area contributed by atoms with E-state index in [4.69, 9.17) is 0 Å². The Balaban J connectivity index is 1.35. The van der Waals surface area contributed by atoms with Gasteiger partial charge >= 0.3 is 0 Å². The van der Waals surface area contributed by atoms with Gasteiger partial charge in [0.25, 0.3) is 0 Å². The summed E-state index contributed by atoms with van der Waals surface area (Å²) in [5.74, 6) is 1.97. The molecule has 8 heteroatoms. The Bertz CT molecular complexity index is 1210. The van der Waals surface area contributed by atoms with Crippen LogP contribution in [0.1, 0.15) is 18.0 Å². The van der Waals surface area contributed by atoms with Crippen molar-refractivity contribution in [3.63, 3.8) is 0 Å². The highest BCUT2D eigenvalue weighted by Crippen LogP contribution is 2.36. The number of hydrogen-bond acceptors (Lipinski definition) is 6. The van der Waals surface area contributed by atoms with Crippen molar-refractivity contribution in [1.29, 1.82) is 0 Å². The van der Waals surface area contributed by atoms with Crippen LogP contribution >= 0.6 is 23.5 Å². The average Bonchev–Trinajstić information content (AvgIpc) is 3.28. The Morgan fingerprint density at radius 2 is 1.91 bits per heavy atom. The number of benzene rings is 2. The summed E-state index contributed by atoms with van der Waals surface area (Å²) in [6, 6.07) is 22.1. The molecule has 160 valence electrons. The lowest BCUT2D eigenvalue weighted by molar-refractivity contribution is -0.119. The van der Waals surface area contributed by atoms with E-state index in [1.54, 1.807) is 12.4 Å². The van der Waals surface area contributed by atoms with Crippen molar-refractivity contribution in [2.24, 2.45) is 0 Å². The van der Waals surface area contributed by atoms with Crippen LogP contribution in [0.5, 0.6) is 0 Å². The van der Waals surface area contributed by atoms with Gasteiger partial charge < -0.3 is 5.32 Å². The van der Waals surface area contributed by atoms with Gasteiger partial charge in [-0.05, 0) is 42.3 Å². The van der Waals surface area contributed by atoms with E-state index in [0.717, 1.165) is 23.4 Å². The molecule has 0 fully saturated rings. The van der Waals surface area contributed by atoms with Crippen LogP contribution in [0, 0.1) is 0 Å². The Labute approximate surface area is 194 Å². The number of amides is 1. The average molecular weight is 460 g/mol. The number of hydrogen-bond donors (Lipinski definition) is 1. The summed E-state index contributed by atoms with van der Waals surface area (Å²) in [6.07, 6.45) is 4.43. The first-order valence-corrected chi connectivity index (χ1v) is 12.3. The van der Waals surface area contributed by atoms with Crippen LogP contribution in [0.15, 0.2) is 89.2 Å². The van der Waals surface area contributed by atoms with Gasteiger partial charge in [0.2, 0.25) is 5.91 Å². The third-order valence-electron chi connectivity index (χ3n) is 5.19. The fourth-order valence-corrected chi connectivity index (χ4v) is 5.60. The maximum Gasteiger partial charge on any atom is 0.230 e. The molecule has 5 rings (SSSR count). The molecule has 0 saturated heterocycles. The Hall–Kier alpha value is -3.10. The monoisotopic (exact) mass is 459 g/mol. The minimum atomic E-state index is -0.00718. The quantitative estimate of drug-likeness (QED) is 0.419. The summed E-state index contributed by atoms with van der Waals surface area (Å²) in [5.41, 5.74) is 3.02. The van der Waals surface area contributed by atoms with Gasteiger partial charge in [-0.2, -0.15) is 0 Å². The number of nitrogens with one attached hydrogen (secondary N) is 1. The standard InChI is InChI=1S/C24H21N5OS2/c30-22(26-20-12-14-31-21-11-5-4-10-19(20)21)16-32-24-28-27-23(17-7-6-13-25-15-17)29(24)18-8-2-1-3-9-18/h1-11,13,15,20H,12,14,16H2,(H,26,30)/t20-/m0/s1. The Morgan fingerprint density at radius 3 is 2.75 bits per heavy atom. The highest BCUT2D eigenvalue weighted by atomic mass is 32.2. The van der Waals surface area contributed by atoms with Crippen molar-refractivity contribution in [3.8, 4) is 17.1 Å². The van der Waals surface area contributed by atoms with Crippen LogP contribution < -0.4 is 5.32 Å². The zero-order chi connectivity index (χ0) is 21.8. The molecule has 6 nitrogen and oxygen atoms in total. The molecule has 2 aromatic carbocycles. The van der Waals surface area contributed by atoms with Crippen LogP contribution in [0.4, 0.5) is 0 Å². The summed E-state index contributed by atoms with van der Waals surface area (Å²) in [7, 11) is 0. The number of rotatable bonds is 6. The van der Waals surface area contributed by atoms with E-state index in [-0.39, 0.29) is 17.7 Å². The van der Waals surface area contributed by atoms with Gasteiger partial charge in [0, 0.05) is 34.3 Å². The summed E-state index contributed by atoms with van der Waals surface area (Å²) < 4.78 is 1.97. The molecule has 3 heterocycles. The Morgan fingerprint density at radius 1 is 1.06 bits per heavy atom. The van der Waals surface area contributed by atoms with Crippen LogP contribution in [0.25, 0.3) is 17.1 Å². The number of para-hydroxylation sites is 1. The molecule has 1 atom stereocenters. The molecular weight excluding hydrogens is 438 g/mol.